The number of aromatic nitrogens is 2. The molecule has 6 heteroatoms. The summed E-state index contributed by atoms with van der Waals surface area (Å²) in [6, 6.07) is 9.66. The van der Waals surface area contributed by atoms with Crippen LogP contribution in [0.3, 0.4) is 0 Å². The van der Waals surface area contributed by atoms with Crippen molar-refractivity contribution in [2.45, 2.75) is 13.3 Å². The Balaban J connectivity index is 2.09. The zero-order valence-electron chi connectivity index (χ0n) is 11.2. The van der Waals surface area contributed by atoms with Gasteiger partial charge >= 0.3 is 5.97 Å². The van der Waals surface area contributed by atoms with E-state index in [1.54, 1.807) is 0 Å². The molecular formula is C15H12N2O2S2. The van der Waals surface area contributed by atoms with E-state index < -0.39 is 5.97 Å². The Morgan fingerprint density at radius 2 is 1.95 bits per heavy atom. The van der Waals surface area contributed by atoms with Crippen LogP contribution in [0.4, 0.5) is 0 Å². The molecule has 0 unspecified atom stereocenters. The molecule has 3 aromatic rings. The minimum Gasteiger partial charge on any atom is -0.481 e. The molecule has 106 valence electrons. The maximum atomic E-state index is 11.1. The number of aliphatic carboxylic acids is 1. The molecule has 0 atom stereocenters. The first-order valence-electron chi connectivity index (χ1n) is 6.33. The second-order valence-corrected chi connectivity index (χ2v) is 6.46. The Kier molecular flexibility index (Phi) is 3.81. The smallest absolute Gasteiger partial charge is 0.308 e. The van der Waals surface area contributed by atoms with Gasteiger partial charge in [-0.05, 0) is 6.92 Å². The quantitative estimate of drug-likeness (QED) is 0.793. The van der Waals surface area contributed by atoms with Crippen molar-refractivity contribution in [2.24, 2.45) is 0 Å². The Hall–Kier alpha value is -2.05. The van der Waals surface area contributed by atoms with E-state index in [-0.39, 0.29) is 6.42 Å². The molecule has 0 saturated carbocycles. The van der Waals surface area contributed by atoms with E-state index in [2.05, 4.69) is 9.97 Å². The molecule has 1 aromatic carbocycles. The number of nitrogens with zero attached hydrogens (tertiary/aromatic N) is 2. The second-order valence-electron chi connectivity index (χ2n) is 4.52. The van der Waals surface area contributed by atoms with Gasteiger partial charge in [0.05, 0.1) is 12.1 Å². The first-order valence-corrected chi connectivity index (χ1v) is 8.02. The van der Waals surface area contributed by atoms with E-state index >= 15 is 0 Å². The summed E-state index contributed by atoms with van der Waals surface area (Å²) >= 11 is 2.93. The number of carboxylic acid groups (broad SMARTS) is 1. The molecule has 0 aliphatic rings. The Bertz CT molecular complexity index is 778. The van der Waals surface area contributed by atoms with Gasteiger partial charge in [0.2, 0.25) is 0 Å². The largest absolute Gasteiger partial charge is 0.481 e. The van der Waals surface area contributed by atoms with Crippen LogP contribution >= 0.6 is 22.7 Å². The Morgan fingerprint density at radius 3 is 2.57 bits per heavy atom. The molecule has 0 spiro atoms. The summed E-state index contributed by atoms with van der Waals surface area (Å²) < 4.78 is 0. The van der Waals surface area contributed by atoms with Crippen molar-refractivity contribution >= 4 is 28.6 Å². The van der Waals surface area contributed by atoms with E-state index in [0.29, 0.717) is 0 Å². The van der Waals surface area contributed by atoms with Crippen LogP contribution in [0.2, 0.25) is 0 Å². The number of hydrogen-bond acceptors (Lipinski definition) is 5. The third-order valence-corrected chi connectivity index (χ3v) is 5.02. The monoisotopic (exact) mass is 316 g/mol. The molecule has 0 amide bonds. The van der Waals surface area contributed by atoms with Crippen molar-refractivity contribution in [1.29, 1.82) is 0 Å². The maximum absolute atomic E-state index is 11.1. The number of hydrogen-bond donors (Lipinski definition) is 1. The summed E-state index contributed by atoms with van der Waals surface area (Å²) in [6.45, 7) is 1.93. The highest BCUT2D eigenvalue weighted by Gasteiger charge is 2.18. The van der Waals surface area contributed by atoms with Crippen molar-refractivity contribution in [3.05, 3.63) is 46.3 Å². The van der Waals surface area contributed by atoms with Crippen molar-refractivity contribution in [3.63, 3.8) is 0 Å². The van der Waals surface area contributed by atoms with Crippen LogP contribution in [0.5, 0.6) is 0 Å². The van der Waals surface area contributed by atoms with Gasteiger partial charge < -0.3 is 5.11 Å². The zero-order chi connectivity index (χ0) is 14.8. The van der Waals surface area contributed by atoms with Crippen LogP contribution in [-0.4, -0.2) is 21.0 Å². The number of thiazole rings is 2. The fourth-order valence-electron chi connectivity index (χ4n) is 1.97. The number of aryl methyl sites for hydroxylation is 1. The van der Waals surface area contributed by atoms with E-state index in [9.17, 15) is 4.79 Å². The summed E-state index contributed by atoms with van der Waals surface area (Å²) in [5, 5.41) is 12.7. The molecule has 0 radical (unpaired) electrons. The fourth-order valence-corrected chi connectivity index (χ4v) is 3.88. The molecule has 0 aliphatic carbocycles. The van der Waals surface area contributed by atoms with Gasteiger partial charge in [-0.25, -0.2) is 9.97 Å². The van der Waals surface area contributed by atoms with Crippen LogP contribution in [0.1, 0.15) is 10.6 Å². The number of benzene rings is 1. The summed E-state index contributed by atoms with van der Waals surface area (Å²) in [5.41, 5.74) is 2.63. The molecule has 1 N–H and O–H groups in total. The van der Waals surface area contributed by atoms with Crippen LogP contribution in [0.15, 0.2) is 35.7 Å². The molecule has 21 heavy (non-hydrogen) atoms. The molecule has 4 nitrogen and oxygen atoms in total. The van der Waals surface area contributed by atoms with Crippen LogP contribution in [0, 0.1) is 6.92 Å². The summed E-state index contributed by atoms with van der Waals surface area (Å²) in [5.74, 6) is -0.849. The normalized spacial score (nSPS) is 10.7. The van der Waals surface area contributed by atoms with Gasteiger partial charge in [-0.2, -0.15) is 0 Å². The van der Waals surface area contributed by atoms with E-state index in [1.165, 1.54) is 22.7 Å². The molecule has 0 bridgehead atoms. The SMILES string of the molecule is Cc1csc(-c2nc(-c3ccccc3)c(CC(=O)O)s2)n1. The highest BCUT2D eigenvalue weighted by Crippen LogP contribution is 2.35. The van der Waals surface area contributed by atoms with Gasteiger partial charge in [-0.1, -0.05) is 30.3 Å². The minimum atomic E-state index is -0.849. The van der Waals surface area contributed by atoms with Gasteiger partial charge in [0.25, 0.3) is 0 Å². The van der Waals surface area contributed by atoms with Crippen LogP contribution in [0.25, 0.3) is 21.3 Å². The predicted molar refractivity (Wildman–Crippen MR) is 84.7 cm³/mol. The van der Waals surface area contributed by atoms with Crippen molar-refractivity contribution in [3.8, 4) is 21.3 Å². The molecular weight excluding hydrogens is 304 g/mol. The minimum absolute atomic E-state index is 0.0216. The first kappa shape index (κ1) is 13.9. The highest BCUT2D eigenvalue weighted by atomic mass is 32.1. The van der Waals surface area contributed by atoms with Crippen molar-refractivity contribution < 1.29 is 9.90 Å². The van der Waals surface area contributed by atoms with Gasteiger partial charge in [0.1, 0.15) is 0 Å². The average Bonchev–Trinajstić information content (AvgIpc) is 3.06. The summed E-state index contributed by atoms with van der Waals surface area (Å²) in [6.07, 6.45) is -0.0216. The van der Waals surface area contributed by atoms with Crippen molar-refractivity contribution in [2.75, 3.05) is 0 Å². The number of carboxylic acids is 1. The molecule has 2 aromatic heterocycles. The Morgan fingerprint density at radius 1 is 1.19 bits per heavy atom. The summed E-state index contributed by atoms with van der Waals surface area (Å²) in [4.78, 5) is 20.9. The Labute approximate surface area is 129 Å². The second kappa shape index (κ2) is 5.75. The van der Waals surface area contributed by atoms with Crippen LogP contribution < -0.4 is 0 Å². The lowest BCUT2D eigenvalue weighted by atomic mass is 10.1. The van der Waals surface area contributed by atoms with E-state index in [1.807, 2.05) is 42.6 Å². The predicted octanol–water partition coefficient (Wildman–Crippen LogP) is 3.87. The topological polar surface area (TPSA) is 63.1 Å². The molecule has 3 rings (SSSR count). The molecule has 0 aliphatic heterocycles. The molecule has 0 fully saturated rings. The molecule has 2 heterocycles. The average molecular weight is 316 g/mol. The van der Waals surface area contributed by atoms with Gasteiger partial charge in [0.15, 0.2) is 10.0 Å². The van der Waals surface area contributed by atoms with E-state index in [0.717, 1.165) is 31.8 Å². The lowest BCUT2D eigenvalue weighted by molar-refractivity contribution is -0.136. The lowest BCUT2D eigenvalue weighted by Crippen LogP contribution is -1.99. The first-order chi connectivity index (χ1) is 10.1. The fraction of sp³-hybridized carbons (Fsp3) is 0.133. The zero-order valence-corrected chi connectivity index (χ0v) is 12.9. The maximum Gasteiger partial charge on any atom is 0.308 e. The number of carbonyl (C=O) groups is 1. The highest BCUT2D eigenvalue weighted by molar-refractivity contribution is 7.21. The third-order valence-electron chi connectivity index (χ3n) is 2.86. The van der Waals surface area contributed by atoms with E-state index in [4.69, 9.17) is 5.11 Å². The van der Waals surface area contributed by atoms with Crippen LogP contribution in [-0.2, 0) is 11.2 Å². The number of rotatable bonds is 4. The summed E-state index contributed by atoms with van der Waals surface area (Å²) in [7, 11) is 0. The van der Waals surface area contributed by atoms with Gasteiger partial charge in [-0.3, -0.25) is 4.79 Å². The van der Waals surface area contributed by atoms with Gasteiger partial charge in [0, 0.05) is 21.5 Å². The lowest BCUT2D eigenvalue weighted by Gasteiger charge is -1.99. The standard InChI is InChI=1S/C15H12N2O2S2/c1-9-8-20-14(16-9)15-17-13(10-5-3-2-4-6-10)11(21-15)7-12(18)19/h2-6,8H,7H2,1H3,(H,18,19). The third kappa shape index (κ3) is 3.01. The van der Waals surface area contributed by atoms with Crippen molar-refractivity contribution in [1.82, 2.24) is 9.97 Å². The van der Waals surface area contributed by atoms with Gasteiger partial charge in [-0.15, -0.1) is 22.7 Å². The molecule has 0 saturated heterocycles.